The standard InChI is InChI=1S/C14H24F4N2O/c1-5-9(4)11-12(21)20(7-14(17,18)13(15)16)10(19-11)6-8(2)3/h8-11,13,19H,5-7H2,1-4H3. The van der Waals surface area contributed by atoms with Crippen LogP contribution in [0.25, 0.3) is 0 Å². The SMILES string of the molecule is CCC(C)C1NC(CC(C)C)N(CC(F)(F)C(F)F)C1=O. The van der Waals surface area contributed by atoms with Crippen molar-refractivity contribution < 1.29 is 22.4 Å². The predicted molar refractivity (Wildman–Crippen MR) is 72.3 cm³/mol. The van der Waals surface area contributed by atoms with Crippen LogP contribution in [0.4, 0.5) is 17.6 Å². The average Bonchev–Trinajstić information content (AvgIpc) is 2.65. The van der Waals surface area contributed by atoms with E-state index in [1.165, 1.54) is 0 Å². The average molecular weight is 312 g/mol. The summed E-state index contributed by atoms with van der Waals surface area (Å²) in [5.74, 6) is -4.56. The van der Waals surface area contributed by atoms with E-state index in [2.05, 4.69) is 5.32 Å². The molecule has 7 heteroatoms. The van der Waals surface area contributed by atoms with Crippen molar-refractivity contribution in [1.29, 1.82) is 0 Å². The van der Waals surface area contributed by atoms with Crippen LogP contribution in [0, 0.1) is 11.8 Å². The van der Waals surface area contributed by atoms with Crippen LogP contribution in [0.3, 0.4) is 0 Å². The van der Waals surface area contributed by atoms with Crippen molar-refractivity contribution in [2.24, 2.45) is 11.8 Å². The molecule has 1 aliphatic heterocycles. The summed E-state index contributed by atoms with van der Waals surface area (Å²) in [6.45, 7) is 6.30. The maximum atomic E-state index is 13.3. The molecule has 1 aliphatic rings. The highest BCUT2D eigenvalue weighted by atomic mass is 19.3. The quantitative estimate of drug-likeness (QED) is 0.733. The van der Waals surface area contributed by atoms with Gasteiger partial charge in [-0.3, -0.25) is 10.1 Å². The van der Waals surface area contributed by atoms with Crippen molar-refractivity contribution in [1.82, 2.24) is 10.2 Å². The zero-order chi connectivity index (χ0) is 16.4. The van der Waals surface area contributed by atoms with Gasteiger partial charge in [0.2, 0.25) is 5.91 Å². The number of hydrogen-bond donors (Lipinski definition) is 1. The lowest BCUT2D eigenvalue weighted by atomic mass is 9.99. The van der Waals surface area contributed by atoms with Gasteiger partial charge < -0.3 is 4.90 Å². The molecule has 1 N–H and O–H groups in total. The van der Waals surface area contributed by atoms with Crippen molar-refractivity contribution >= 4 is 5.91 Å². The summed E-state index contributed by atoms with van der Waals surface area (Å²) in [6.07, 6.45) is -3.22. The van der Waals surface area contributed by atoms with Crippen LogP contribution in [-0.2, 0) is 4.79 Å². The molecule has 0 aromatic heterocycles. The smallest absolute Gasteiger partial charge is 0.319 e. The molecule has 1 saturated heterocycles. The third-order valence-corrected chi connectivity index (χ3v) is 3.91. The maximum absolute atomic E-state index is 13.3. The normalized spacial score (nSPS) is 25.2. The molecule has 21 heavy (non-hydrogen) atoms. The third kappa shape index (κ3) is 4.31. The van der Waals surface area contributed by atoms with E-state index in [0.29, 0.717) is 12.8 Å². The van der Waals surface area contributed by atoms with Gasteiger partial charge in [-0.25, -0.2) is 8.78 Å². The second kappa shape index (κ2) is 6.94. The second-order valence-corrected chi connectivity index (χ2v) is 6.20. The number of alkyl halides is 4. The molecule has 1 rings (SSSR count). The van der Waals surface area contributed by atoms with Gasteiger partial charge >= 0.3 is 12.3 Å². The Balaban J connectivity index is 2.92. The predicted octanol–water partition coefficient (Wildman–Crippen LogP) is 3.11. The van der Waals surface area contributed by atoms with Crippen molar-refractivity contribution in [2.75, 3.05) is 6.54 Å². The Bertz CT molecular complexity index is 363. The lowest BCUT2D eigenvalue weighted by Gasteiger charge is -2.29. The summed E-state index contributed by atoms with van der Waals surface area (Å²) in [5, 5.41) is 3.03. The first-order valence-corrected chi connectivity index (χ1v) is 7.32. The monoisotopic (exact) mass is 312 g/mol. The van der Waals surface area contributed by atoms with Gasteiger partial charge in [0, 0.05) is 0 Å². The molecule has 3 nitrogen and oxygen atoms in total. The van der Waals surface area contributed by atoms with E-state index in [0.717, 1.165) is 4.90 Å². The van der Waals surface area contributed by atoms with E-state index < -0.39 is 37.0 Å². The van der Waals surface area contributed by atoms with Crippen LogP contribution in [0.15, 0.2) is 0 Å². The third-order valence-electron chi connectivity index (χ3n) is 3.91. The zero-order valence-corrected chi connectivity index (χ0v) is 12.9. The van der Waals surface area contributed by atoms with Crippen molar-refractivity contribution in [3.63, 3.8) is 0 Å². The lowest BCUT2D eigenvalue weighted by Crippen LogP contribution is -2.47. The summed E-state index contributed by atoms with van der Waals surface area (Å²) in [5.41, 5.74) is 0. The molecule has 124 valence electrons. The summed E-state index contributed by atoms with van der Waals surface area (Å²) < 4.78 is 51.4. The van der Waals surface area contributed by atoms with E-state index in [4.69, 9.17) is 0 Å². The topological polar surface area (TPSA) is 32.3 Å². The molecule has 0 bridgehead atoms. The largest absolute Gasteiger partial charge is 0.324 e. The number of nitrogens with zero attached hydrogens (tertiary/aromatic N) is 1. The van der Waals surface area contributed by atoms with Gasteiger partial charge in [0.25, 0.3) is 0 Å². The number of carbonyl (C=O) groups is 1. The van der Waals surface area contributed by atoms with E-state index >= 15 is 0 Å². The summed E-state index contributed by atoms with van der Waals surface area (Å²) in [4.78, 5) is 13.2. The Morgan fingerprint density at radius 1 is 1.29 bits per heavy atom. The van der Waals surface area contributed by atoms with Crippen LogP contribution < -0.4 is 5.32 Å². The van der Waals surface area contributed by atoms with Gasteiger partial charge in [0.05, 0.1) is 18.8 Å². The first-order chi connectivity index (χ1) is 9.60. The van der Waals surface area contributed by atoms with Gasteiger partial charge in [0.15, 0.2) is 0 Å². The minimum Gasteiger partial charge on any atom is -0.319 e. The highest BCUT2D eigenvalue weighted by Crippen LogP contribution is 2.29. The van der Waals surface area contributed by atoms with Crippen LogP contribution in [0.1, 0.15) is 40.5 Å². The number of nitrogens with one attached hydrogen (secondary N) is 1. The fourth-order valence-electron chi connectivity index (χ4n) is 2.47. The van der Waals surface area contributed by atoms with Crippen LogP contribution in [-0.4, -0.2) is 41.9 Å². The van der Waals surface area contributed by atoms with Gasteiger partial charge in [-0.2, -0.15) is 8.78 Å². The summed E-state index contributed by atoms with van der Waals surface area (Å²) >= 11 is 0. The van der Waals surface area contributed by atoms with Crippen LogP contribution >= 0.6 is 0 Å². The molecule has 0 radical (unpaired) electrons. The Morgan fingerprint density at radius 3 is 2.29 bits per heavy atom. The Hall–Kier alpha value is -0.850. The number of amides is 1. The van der Waals surface area contributed by atoms with Crippen LogP contribution in [0.2, 0.25) is 0 Å². The van der Waals surface area contributed by atoms with Crippen molar-refractivity contribution in [3.8, 4) is 0 Å². The Kier molecular flexibility index (Phi) is 6.01. The number of rotatable bonds is 7. The second-order valence-electron chi connectivity index (χ2n) is 6.20. The summed E-state index contributed by atoms with van der Waals surface area (Å²) in [6, 6.07) is -0.577. The molecular weight excluding hydrogens is 288 g/mol. The minimum absolute atomic E-state index is 0.0302. The van der Waals surface area contributed by atoms with Crippen molar-refractivity contribution in [3.05, 3.63) is 0 Å². The molecule has 0 spiro atoms. The number of hydrogen-bond acceptors (Lipinski definition) is 2. The first-order valence-electron chi connectivity index (χ1n) is 7.32. The molecule has 3 atom stereocenters. The molecule has 0 aliphatic carbocycles. The zero-order valence-electron chi connectivity index (χ0n) is 12.9. The van der Waals surface area contributed by atoms with Gasteiger partial charge in [-0.05, 0) is 18.3 Å². The summed E-state index contributed by atoms with van der Waals surface area (Å²) in [7, 11) is 0. The number of halogens is 4. The minimum atomic E-state index is -4.18. The van der Waals surface area contributed by atoms with Crippen LogP contribution in [0.5, 0.6) is 0 Å². The lowest BCUT2D eigenvalue weighted by molar-refractivity contribution is -0.157. The van der Waals surface area contributed by atoms with E-state index in [-0.39, 0.29) is 11.8 Å². The van der Waals surface area contributed by atoms with E-state index in [1.54, 1.807) is 0 Å². The van der Waals surface area contributed by atoms with Gasteiger partial charge in [-0.15, -0.1) is 0 Å². The van der Waals surface area contributed by atoms with E-state index in [9.17, 15) is 22.4 Å². The highest BCUT2D eigenvalue weighted by molar-refractivity contribution is 5.84. The molecule has 1 heterocycles. The van der Waals surface area contributed by atoms with Crippen molar-refractivity contribution in [2.45, 2.75) is 65.1 Å². The van der Waals surface area contributed by atoms with Gasteiger partial charge in [-0.1, -0.05) is 34.1 Å². The fourth-order valence-corrected chi connectivity index (χ4v) is 2.47. The van der Waals surface area contributed by atoms with Gasteiger partial charge in [0.1, 0.15) is 0 Å². The highest BCUT2D eigenvalue weighted by Gasteiger charge is 2.49. The fraction of sp³-hybridized carbons (Fsp3) is 0.929. The molecule has 0 aromatic carbocycles. The first kappa shape index (κ1) is 18.2. The molecule has 3 unspecified atom stereocenters. The Morgan fingerprint density at radius 2 is 1.86 bits per heavy atom. The molecule has 0 saturated carbocycles. The maximum Gasteiger partial charge on any atom is 0.324 e. The van der Waals surface area contributed by atoms with E-state index in [1.807, 2.05) is 27.7 Å². The molecule has 0 aromatic rings. The number of carbonyl (C=O) groups excluding carboxylic acids is 1. The molecular formula is C14H24F4N2O. The Labute approximate surface area is 123 Å². The molecule has 1 fully saturated rings. The molecule has 1 amide bonds.